The van der Waals surface area contributed by atoms with Crippen LogP contribution >= 0.6 is 11.8 Å². The summed E-state index contributed by atoms with van der Waals surface area (Å²) in [6, 6.07) is 16.6. The molecule has 1 unspecified atom stereocenters. The van der Waals surface area contributed by atoms with Gasteiger partial charge >= 0.3 is 0 Å². The SMILES string of the molecule is CSC1N(Cc2ccc(CC(N)=O)c(C3CCCC3)c2)C=CN1[C@@H](CO)c1ccccc1. The van der Waals surface area contributed by atoms with Gasteiger partial charge in [0.25, 0.3) is 0 Å². The topological polar surface area (TPSA) is 69.8 Å². The Balaban J connectivity index is 1.54. The van der Waals surface area contributed by atoms with Crippen molar-refractivity contribution in [3.63, 3.8) is 0 Å². The van der Waals surface area contributed by atoms with Crippen molar-refractivity contribution in [3.8, 4) is 0 Å². The Bertz CT molecular complexity index is 943. The summed E-state index contributed by atoms with van der Waals surface area (Å²) in [4.78, 5) is 16.2. The molecule has 4 rings (SSSR count). The molecule has 6 heteroatoms. The van der Waals surface area contributed by atoms with Crippen molar-refractivity contribution in [2.24, 2.45) is 5.73 Å². The zero-order valence-electron chi connectivity index (χ0n) is 18.7. The Morgan fingerprint density at radius 3 is 2.56 bits per heavy atom. The van der Waals surface area contributed by atoms with E-state index >= 15 is 0 Å². The summed E-state index contributed by atoms with van der Waals surface area (Å²) in [5.74, 6) is 0.261. The first-order valence-corrected chi connectivity index (χ1v) is 12.7. The maximum absolute atomic E-state index is 11.6. The summed E-state index contributed by atoms with van der Waals surface area (Å²) in [5.41, 5.74) is 10.4. The van der Waals surface area contributed by atoms with Crippen molar-refractivity contribution in [2.75, 3.05) is 12.9 Å². The highest BCUT2D eigenvalue weighted by Gasteiger charge is 2.31. The Morgan fingerprint density at radius 1 is 1.16 bits per heavy atom. The van der Waals surface area contributed by atoms with Gasteiger partial charge in [0.15, 0.2) is 5.50 Å². The molecule has 0 bridgehead atoms. The number of nitrogens with zero attached hydrogens (tertiary/aromatic N) is 2. The number of benzene rings is 2. The quantitative estimate of drug-likeness (QED) is 0.593. The van der Waals surface area contributed by atoms with Gasteiger partial charge in [-0.2, -0.15) is 0 Å². The lowest BCUT2D eigenvalue weighted by atomic mass is 9.89. The van der Waals surface area contributed by atoms with E-state index in [1.54, 1.807) is 11.8 Å². The van der Waals surface area contributed by atoms with E-state index < -0.39 is 0 Å². The molecule has 1 saturated carbocycles. The zero-order valence-corrected chi connectivity index (χ0v) is 19.5. The van der Waals surface area contributed by atoms with Crippen LogP contribution in [0.1, 0.15) is 59.9 Å². The lowest BCUT2D eigenvalue weighted by Crippen LogP contribution is -2.38. The van der Waals surface area contributed by atoms with E-state index in [2.05, 4.69) is 58.8 Å². The fourth-order valence-electron chi connectivity index (χ4n) is 5.09. The highest BCUT2D eigenvalue weighted by molar-refractivity contribution is 7.99. The molecule has 2 aromatic rings. The molecule has 0 aromatic heterocycles. The van der Waals surface area contributed by atoms with Crippen LogP contribution in [0.2, 0.25) is 0 Å². The Morgan fingerprint density at radius 2 is 1.91 bits per heavy atom. The molecule has 0 radical (unpaired) electrons. The average Bonchev–Trinajstić information content (AvgIpc) is 3.46. The number of hydrogen-bond acceptors (Lipinski definition) is 5. The molecule has 5 nitrogen and oxygen atoms in total. The number of amides is 1. The molecular weight excluding hydrogens is 418 g/mol. The van der Waals surface area contributed by atoms with Crippen molar-refractivity contribution in [1.29, 1.82) is 0 Å². The number of aliphatic hydroxyl groups is 1. The number of nitrogens with two attached hydrogens (primary N) is 1. The van der Waals surface area contributed by atoms with Crippen molar-refractivity contribution in [2.45, 2.75) is 56.1 Å². The fraction of sp³-hybridized carbons (Fsp3) is 0.423. The van der Waals surface area contributed by atoms with Crippen LogP contribution < -0.4 is 5.73 Å². The van der Waals surface area contributed by atoms with Gasteiger partial charge in [0.2, 0.25) is 5.91 Å². The molecule has 1 aliphatic carbocycles. The predicted molar refractivity (Wildman–Crippen MR) is 131 cm³/mol. The van der Waals surface area contributed by atoms with Crippen molar-refractivity contribution < 1.29 is 9.90 Å². The van der Waals surface area contributed by atoms with Gasteiger partial charge in [-0.1, -0.05) is 61.4 Å². The lowest BCUT2D eigenvalue weighted by molar-refractivity contribution is -0.117. The Labute approximate surface area is 195 Å². The summed E-state index contributed by atoms with van der Waals surface area (Å²) in [6.07, 6.45) is 11.5. The lowest BCUT2D eigenvalue weighted by Gasteiger charge is -2.36. The minimum atomic E-state index is -0.270. The maximum atomic E-state index is 11.6. The smallest absolute Gasteiger partial charge is 0.221 e. The summed E-state index contributed by atoms with van der Waals surface area (Å²) in [5, 5.41) is 10.1. The van der Waals surface area contributed by atoms with Gasteiger partial charge in [-0.15, -0.1) is 11.8 Å². The molecule has 1 aliphatic heterocycles. The largest absolute Gasteiger partial charge is 0.394 e. The monoisotopic (exact) mass is 451 g/mol. The second kappa shape index (κ2) is 10.5. The summed E-state index contributed by atoms with van der Waals surface area (Å²) in [7, 11) is 0. The number of thioether (sulfide) groups is 1. The van der Waals surface area contributed by atoms with E-state index in [1.165, 1.54) is 36.8 Å². The second-order valence-electron chi connectivity index (χ2n) is 8.75. The van der Waals surface area contributed by atoms with Gasteiger partial charge < -0.3 is 20.6 Å². The first-order chi connectivity index (χ1) is 15.6. The minimum absolute atomic E-state index is 0.0624. The second-order valence-corrected chi connectivity index (χ2v) is 9.64. The third-order valence-corrected chi connectivity index (χ3v) is 7.57. The number of primary amides is 1. The predicted octanol–water partition coefficient (Wildman–Crippen LogP) is 4.34. The minimum Gasteiger partial charge on any atom is -0.394 e. The first-order valence-electron chi connectivity index (χ1n) is 11.4. The Kier molecular flexibility index (Phi) is 7.43. The van der Waals surface area contributed by atoms with E-state index in [0.717, 1.165) is 17.7 Å². The molecule has 1 amide bonds. The number of carbonyl (C=O) groups is 1. The van der Waals surface area contributed by atoms with Crippen LogP contribution in [0.4, 0.5) is 0 Å². The number of rotatable bonds is 9. The molecule has 2 aromatic carbocycles. The van der Waals surface area contributed by atoms with Crippen molar-refractivity contribution in [1.82, 2.24) is 9.80 Å². The van der Waals surface area contributed by atoms with Crippen LogP contribution in [-0.2, 0) is 17.8 Å². The van der Waals surface area contributed by atoms with Gasteiger partial charge in [-0.25, -0.2) is 0 Å². The molecule has 0 saturated heterocycles. The van der Waals surface area contributed by atoms with Gasteiger partial charge in [0.05, 0.1) is 19.1 Å². The van der Waals surface area contributed by atoms with E-state index in [-0.39, 0.29) is 24.1 Å². The summed E-state index contributed by atoms with van der Waals surface area (Å²) >= 11 is 1.76. The zero-order chi connectivity index (χ0) is 22.5. The van der Waals surface area contributed by atoms with Gasteiger partial charge in [-0.05, 0) is 47.3 Å². The molecular formula is C26H33N3O2S. The highest BCUT2D eigenvalue weighted by Crippen LogP contribution is 2.38. The molecule has 1 heterocycles. The van der Waals surface area contributed by atoms with Crippen LogP contribution in [0.25, 0.3) is 0 Å². The maximum Gasteiger partial charge on any atom is 0.221 e. The normalized spacial score (nSPS) is 19.6. The van der Waals surface area contributed by atoms with Gasteiger partial charge in [-0.3, -0.25) is 4.79 Å². The molecule has 170 valence electrons. The summed E-state index contributed by atoms with van der Waals surface area (Å²) < 4.78 is 0. The standard InChI is InChI=1S/C26H33N3O2S/c1-32-26-28(13-14-29(26)24(18-30)21-9-3-2-4-10-21)17-19-11-12-22(16-25(27)31)23(15-19)20-7-5-6-8-20/h2-4,9-15,20,24,26,30H,5-8,16-18H2,1H3,(H2,27,31)/t24-,26?/m0/s1. The third kappa shape index (κ3) is 4.97. The fourth-order valence-corrected chi connectivity index (χ4v) is 5.97. The Hall–Kier alpha value is -2.44. The van der Waals surface area contributed by atoms with Crippen molar-refractivity contribution in [3.05, 3.63) is 83.2 Å². The number of aliphatic hydroxyl groups excluding tert-OH is 1. The van der Waals surface area contributed by atoms with Gasteiger partial charge in [0.1, 0.15) is 0 Å². The van der Waals surface area contributed by atoms with Crippen LogP contribution in [-0.4, -0.2) is 39.2 Å². The van der Waals surface area contributed by atoms with Crippen molar-refractivity contribution >= 4 is 17.7 Å². The number of hydrogen-bond donors (Lipinski definition) is 2. The molecule has 1 fully saturated rings. The van der Waals surface area contributed by atoms with E-state index in [4.69, 9.17) is 5.73 Å². The van der Waals surface area contributed by atoms with Crippen LogP contribution in [0.5, 0.6) is 0 Å². The third-order valence-electron chi connectivity index (χ3n) is 6.63. The van der Waals surface area contributed by atoms with Gasteiger partial charge in [0, 0.05) is 18.9 Å². The van der Waals surface area contributed by atoms with Crippen LogP contribution in [0, 0.1) is 0 Å². The van der Waals surface area contributed by atoms with E-state index in [9.17, 15) is 9.90 Å². The summed E-state index contributed by atoms with van der Waals surface area (Å²) in [6.45, 7) is 0.842. The molecule has 32 heavy (non-hydrogen) atoms. The average molecular weight is 452 g/mol. The molecule has 2 atom stereocenters. The van der Waals surface area contributed by atoms with Crippen LogP contribution in [0.15, 0.2) is 60.9 Å². The van der Waals surface area contributed by atoms with E-state index in [0.29, 0.717) is 12.3 Å². The molecule has 0 spiro atoms. The number of carbonyl (C=O) groups excluding carboxylic acids is 1. The molecule has 2 aliphatic rings. The highest BCUT2D eigenvalue weighted by atomic mass is 32.2. The van der Waals surface area contributed by atoms with E-state index in [1.807, 2.05) is 18.2 Å². The van der Waals surface area contributed by atoms with Crippen LogP contribution in [0.3, 0.4) is 0 Å². The molecule has 3 N–H and O–H groups in total. The first kappa shape index (κ1) is 22.7.